The Morgan fingerprint density at radius 2 is 1.80 bits per heavy atom. The molecule has 0 bridgehead atoms. The van der Waals surface area contributed by atoms with Gasteiger partial charge in [0.1, 0.15) is 17.7 Å². The van der Waals surface area contributed by atoms with Gasteiger partial charge >= 0.3 is 0 Å². The number of nitrogens with one attached hydrogen (secondary N) is 1. The van der Waals surface area contributed by atoms with Crippen LogP contribution in [0.2, 0.25) is 0 Å². The first-order valence-electron chi connectivity index (χ1n) is 5.74. The zero-order valence-electron chi connectivity index (χ0n) is 10.2. The highest BCUT2D eigenvalue weighted by Gasteiger charge is 2.18. The number of benzene rings is 2. The molecule has 0 aliphatic heterocycles. The summed E-state index contributed by atoms with van der Waals surface area (Å²) in [7, 11) is 0. The first-order valence-corrected chi connectivity index (χ1v) is 6.53. The molecule has 0 aromatic heterocycles. The zero-order valence-corrected chi connectivity index (χ0v) is 11.8. The predicted octanol–water partition coefficient (Wildman–Crippen LogP) is 3.37. The van der Waals surface area contributed by atoms with E-state index < -0.39 is 17.8 Å². The van der Waals surface area contributed by atoms with Crippen LogP contribution in [0.5, 0.6) is 0 Å². The fraction of sp³-hybridized carbons (Fsp3) is 0.0714. The van der Waals surface area contributed by atoms with Crippen molar-refractivity contribution < 1.29 is 13.6 Å². The van der Waals surface area contributed by atoms with Gasteiger partial charge in [-0.15, -0.1) is 0 Å². The van der Waals surface area contributed by atoms with Crippen molar-refractivity contribution in [1.29, 1.82) is 0 Å². The number of hydrogen-bond donors (Lipinski definition) is 2. The maximum atomic E-state index is 13.2. The van der Waals surface area contributed by atoms with E-state index in [-0.39, 0.29) is 10.3 Å². The summed E-state index contributed by atoms with van der Waals surface area (Å²) in [5, 5.41) is 2.88. The van der Waals surface area contributed by atoms with Crippen LogP contribution in [0.15, 0.2) is 46.9 Å². The van der Waals surface area contributed by atoms with Gasteiger partial charge in [0.2, 0.25) is 5.91 Å². The third kappa shape index (κ3) is 3.33. The summed E-state index contributed by atoms with van der Waals surface area (Å²) in [6.07, 6.45) is 0. The molecule has 0 spiro atoms. The van der Waals surface area contributed by atoms with Crippen molar-refractivity contribution in [1.82, 2.24) is 0 Å². The standard InChI is InChI=1S/C14H11BrF2N2O/c15-11-7-8(1-6-12(11)17)13(14(18)20)19-10-4-2-9(16)3-5-10/h1-7,13,19H,(H2,18,20). The molecular weight excluding hydrogens is 330 g/mol. The second-order valence-corrected chi connectivity index (χ2v) is 5.01. The van der Waals surface area contributed by atoms with E-state index >= 15 is 0 Å². The molecule has 1 amide bonds. The number of carbonyl (C=O) groups is 1. The van der Waals surface area contributed by atoms with E-state index in [1.807, 2.05) is 0 Å². The van der Waals surface area contributed by atoms with E-state index in [1.165, 1.54) is 42.5 Å². The van der Waals surface area contributed by atoms with Crippen molar-refractivity contribution in [3.05, 3.63) is 64.1 Å². The molecule has 6 heteroatoms. The van der Waals surface area contributed by atoms with Gasteiger partial charge in [0.15, 0.2) is 0 Å². The number of carbonyl (C=O) groups excluding carboxylic acids is 1. The Bertz CT molecular complexity index is 632. The van der Waals surface area contributed by atoms with Crippen molar-refractivity contribution in [3.8, 4) is 0 Å². The quantitative estimate of drug-likeness (QED) is 0.896. The molecule has 0 aliphatic rings. The van der Waals surface area contributed by atoms with Gasteiger partial charge in [0, 0.05) is 5.69 Å². The Morgan fingerprint density at radius 1 is 1.15 bits per heavy atom. The van der Waals surface area contributed by atoms with E-state index in [0.29, 0.717) is 11.3 Å². The van der Waals surface area contributed by atoms with Crippen molar-refractivity contribution in [2.75, 3.05) is 5.32 Å². The van der Waals surface area contributed by atoms with Gasteiger partial charge in [-0.05, 0) is 57.9 Å². The second kappa shape index (κ2) is 6.00. The van der Waals surface area contributed by atoms with Gasteiger partial charge in [-0.1, -0.05) is 6.07 Å². The van der Waals surface area contributed by atoms with Crippen LogP contribution in [0.25, 0.3) is 0 Å². The molecule has 0 saturated heterocycles. The molecule has 0 radical (unpaired) electrons. The second-order valence-electron chi connectivity index (χ2n) is 4.16. The lowest BCUT2D eigenvalue weighted by Crippen LogP contribution is -2.27. The van der Waals surface area contributed by atoms with Crippen LogP contribution in [-0.4, -0.2) is 5.91 Å². The third-order valence-corrected chi connectivity index (χ3v) is 3.32. The molecule has 1 unspecified atom stereocenters. The van der Waals surface area contributed by atoms with Gasteiger partial charge < -0.3 is 11.1 Å². The van der Waals surface area contributed by atoms with Crippen molar-refractivity contribution >= 4 is 27.5 Å². The summed E-state index contributed by atoms with van der Waals surface area (Å²) >= 11 is 3.05. The third-order valence-electron chi connectivity index (χ3n) is 2.72. The lowest BCUT2D eigenvalue weighted by Gasteiger charge is -2.17. The average molecular weight is 341 g/mol. The normalized spacial score (nSPS) is 11.9. The molecule has 0 saturated carbocycles. The monoisotopic (exact) mass is 340 g/mol. The van der Waals surface area contributed by atoms with Crippen LogP contribution in [0.4, 0.5) is 14.5 Å². The number of nitrogens with two attached hydrogens (primary N) is 1. The largest absolute Gasteiger partial charge is 0.370 e. The van der Waals surface area contributed by atoms with Gasteiger partial charge in [0.25, 0.3) is 0 Å². The Kier molecular flexibility index (Phi) is 4.34. The molecule has 20 heavy (non-hydrogen) atoms. The smallest absolute Gasteiger partial charge is 0.244 e. The molecule has 3 nitrogen and oxygen atoms in total. The van der Waals surface area contributed by atoms with E-state index in [2.05, 4.69) is 21.2 Å². The molecule has 0 heterocycles. The Morgan fingerprint density at radius 3 is 2.35 bits per heavy atom. The number of rotatable bonds is 4. The Balaban J connectivity index is 2.29. The maximum absolute atomic E-state index is 13.2. The van der Waals surface area contributed by atoms with E-state index in [9.17, 15) is 13.6 Å². The molecule has 1 atom stereocenters. The first kappa shape index (κ1) is 14.5. The summed E-state index contributed by atoms with van der Waals surface area (Å²) < 4.78 is 26.3. The first-order chi connectivity index (χ1) is 9.47. The molecule has 0 fully saturated rings. The summed E-state index contributed by atoms with van der Waals surface area (Å²) in [5.74, 6) is -1.43. The summed E-state index contributed by atoms with van der Waals surface area (Å²) in [5.41, 5.74) is 6.40. The van der Waals surface area contributed by atoms with Gasteiger partial charge in [0.05, 0.1) is 4.47 Å². The zero-order chi connectivity index (χ0) is 14.7. The molecule has 2 aromatic rings. The van der Waals surface area contributed by atoms with E-state index in [1.54, 1.807) is 0 Å². The van der Waals surface area contributed by atoms with Crippen LogP contribution in [0, 0.1) is 11.6 Å². The molecule has 0 aliphatic carbocycles. The highest BCUT2D eigenvalue weighted by Crippen LogP contribution is 2.24. The predicted molar refractivity (Wildman–Crippen MR) is 76.1 cm³/mol. The van der Waals surface area contributed by atoms with Crippen molar-refractivity contribution in [3.63, 3.8) is 0 Å². The summed E-state index contributed by atoms with van der Waals surface area (Å²) in [6, 6.07) is 8.85. The number of hydrogen-bond acceptors (Lipinski definition) is 2. The van der Waals surface area contributed by atoms with Gasteiger partial charge in [-0.2, -0.15) is 0 Å². The van der Waals surface area contributed by atoms with E-state index in [4.69, 9.17) is 5.73 Å². The van der Waals surface area contributed by atoms with Gasteiger partial charge in [-0.3, -0.25) is 4.79 Å². The van der Waals surface area contributed by atoms with Crippen molar-refractivity contribution in [2.24, 2.45) is 5.73 Å². The van der Waals surface area contributed by atoms with Crippen LogP contribution < -0.4 is 11.1 Å². The fourth-order valence-electron chi connectivity index (χ4n) is 1.72. The molecule has 104 valence electrons. The minimum absolute atomic E-state index is 0.238. The van der Waals surface area contributed by atoms with E-state index in [0.717, 1.165) is 0 Å². The van der Waals surface area contributed by atoms with Crippen LogP contribution >= 0.6 is 15.9 Å². The average Bonchev–Trinajstić information content (AvgIpc) is 2.41. The topological polar surface area (TPSA) is 55.1 Å². The number of amides is 1. The summed E-state index contributed by atoms with van der Waals surface area (Å²) in [6.45, 7) is 0. The fourth-order valence-corrected chi connectivity index (χ4v) is 2.12. The number of halogens is 3. The molecule has 2 rings (SSSR count). The van der Waals surface area contributed by atoms with Crippen LogP contribution in [0.1, 0.15) is 11.6 Å². The molecule has 2 aromatic carbocycles. The highest BCUT2D eigenvalue weighted by molar-refractivity contribution is 9.10. The minimum Gasteiger partial charge on any atom is -0.370 e. The maximum Gasteiger partial charge on any atom is 0.244 e. The molecule has 3 N–H and O–H groups in total. The lowest BCUT2D eigenvalue weighted by atomic mass is 10.1. The number of primary amides is 1. The highest BCUT2D eigenvalue weighted by atomic mass is 79.9. The molecular formula is C14H11BrF2N2O. The summed E-state index contributed by atoms with van der Waals surface area (Å²) in [4.78, 5) is 11.5. The van der Waals surface area contributed by atoms with Crippen molar-refractivity contribution in [2.45, 2.75) is 6.04 Å². The van der Waals surface area contributed by atoms with Crippen LogP contribution in [-0.2, 0) is 4.79 Å². The Hall–Kier alpha value is -1.95. The number of anilines is 1. The van der Waals surface area contributed by atoms with Crippen LogP contribution in [0.3, 0.4) is 0 Å². The van der Waals surface area contributed by atoms with Gasteiger partial charge in [-0.25, -0.2) is 8.78 Å². The minimum atomic E-state index is -0.836. The Labute approximate surface area is 122 Å². The lowest BCUT2D eigenvalue weighted by molar-refractivity contribution is -0.118. The SMILES string of the molecule is NC(=O)C(Nc1ccc(F)cc1)c1ccc(F)c(Br)c1.